The molecule has 98 valence electrons. The molecule has 0 amide bonds. The van der Waals surface area contributed by atoms with Crippen LogP contribution >= 0.6 is 11.3 Å². The van der Waals surface area contributed by atoms with Crippen LogP contribution in [0.5, 0.6) is 5.75 Å². The Bertz CT molecular complexity index is 612. The van der Waals surface area contributed by atoms with Crippen LogP contribution in [0.1, 0.15) is 9.67 Å². The molecule has 2 rings (SSSR count). The standard InChI is InChI=1S/C12H8FNO4S/c13-8-3-4-9(14(16)17)11(6-8)18-7-10(15)12-2-1-5-19-12/h1-6H,7H2. The lowest BCUT2D eigenvalue weighted by molar-refractivity contribution is -0.385. The molecule has 7 heteroatoms. The summed E-state index contributed by atoms with van der Waals surface area (Å²) in [5, 5.41) is 12.5. The van der Waals surface area contributed by atoms with E-state index in [0.717, 1.165) is 18.2 Å². The molecule has 0 aliphatic heterocycles. The van der Waals surface area contributed by atoms with Crippen molar-refractivity contribution >= 4 is 22.8 Å². The van der Waals surface area contributed by atoms with Gasteiger partial charge in [-0.1, -0.05) is 6.07 Å². The fourth-order valence-electron chi connectivity index (χ4n) is 1.41. The summed E-state index contributed by atoms with van der Waals surface area (Å²) in [5.74, 6) is -1.23. The monoisotopic (exact) mass is 281 g/mol. The van der Waals surface area contributed by atoms with Crippen LogP contribution in [-0.4, -0.2) is 17.3 Å². The van der Waals surface area contributed by atoms with Crippen LogP contribution in [0.4, 0.5) is 10.1 Å². The number of carbonyl (C=O) groups excluding carboxylic acids is 1. The van der Waals surface area contributed by atoms with Crippen LogP contribution in [0.25, 0.3) is 0 Å². The predicted octanol–water partition coefficient (Wildman–Crippen LogP) is 3.06. The Morgan fingerprint density at radius 3 is 2.84 bits per heavy atom. The van der Waals surface area contributed by atoms with E-state index >= 15 is 0 Å². The Labute approximate surface area is 111 Å². The topological polar surface area (TPSA) is 69.4 Å². The molecule has 1 aromatic heterocycles. The smallest absolute Gasteiger partial charge is 0.311 e. The molecule has 0 radical (unpaired) electrons. The highest BCUT2D eigenvalue weighted by atomic mass is 32.1. The molecule has 0 fully saturated rings. The Morgan fingerprint density at radius 1 is 1.42 bits per heavy atom. The molecule has 0 unspecified atom stereocenters. The number of benzene rings is 1. The van der Waals surface area contributed by atoms with E-state index in [0.29, 0.717) is 4.88 Å². The summed E-state index contributed by atoms with van der Waals surface area (Å²) in [5.41, 5.74) is -0.375. The molecule has 19 heavy (non-hydrogen) atoms. The normalized spacial score (nSPS) is 10.2. The van der Waals surface area contributed by atoms with E-state index < -0.39 is 10.7 Å². The molecule has 0 aliphatic rings. The van der Waals surface area contributed by atoms with Crippen LogP contribution in [0.3, 0.4) is 0 Å². The number of halogens is 1. The summed E-state index contributed by atoms with van der Waals surface area (Å²) in [6, 6.07) is 6.19. The summed E-state index contributed by atoms with van der Waals surface area (Å²) in [6.07, 6.45) is 0. The number of nitro benzene ring substituents is 1. The van der Waals surface area contributed by atoms with Crippen molar-refractivity contribution in [1.82, 2.24) is 0 Å². The number of ketones is 1. The van der Waals surface area contributed by atoms with E-state index in [1.165, 1.54) is 11.3 Å². The van der Waals surface area contributed by atoms with E-state index in [9.17, 15) is 19.3 Å². The van der Waals surface area contributed by atoms with Gasteiger partial charge in [-0.15, -0.1) is 11.3 Å². The van der Waals surface area contributed by atoms with Gasteiger partial charge in [-0.25, -0.2) is 4.39 Å². The molecule has 0 saturated heterocycles. The first-order valence-electron chi connectivity index (χ1n) is 5.21. The SMILES string of the molecule is O=C(COc1cc(F)ccc1[N+](=O)[O-])c1cccs1. The van der Waals surface area contributed by atoms with Crippen molar-refractivity contribution in [3.63, 3.8) is 0 Å². The van der Waals surface area contributed by atoms with E-state index in [1.54, 1.807) is 17.5 Å². The number of rotatable bonds is 5. The molecule has 1 heterocycles. The van der Waals surface area contributed by atoms with Crippen LogP contribution < -0.4 is 4.74 Å². The summed E-state index contributed by atoms with van der Waals surface area (Å²) >= 11 is 1.24. The first kappa shape index (κ1) is 13.2. The lowest BCUT2D eigenvalue weighted by atomic mass is 10.3. The molecular weight excluding hydrogens is 273 g/mol. The summed E-state index contributed by atoms with van der Waals surface area (Å²) in [4.78, 5) is 22.2. The number of carbonyl (C=O) groups is 1. The second-order valence-corrected chi connectivity index (χ2v) is 4.51. The highest BCUT2D eigenvalue weighted by molar-refractivity contribution is 7.12. The van der Waals surface area contributed by atoms with Crippen LogP contribution in [0, 0.1) is 15.9 Å². The zero-order valence-corrected chi connectivity index (χ0v) is 10.4. The number of thiophene rings is 1. The van der Waals surface area contributed by atoms with Gasteiger partial charge in [0.1, 0.15) is 5.82 Å². The van der Waals surface area contributed by atoms with Crippen LogP contribution in [-0.2, 0) is 0 Å². The van der Waals surface area contributed by atoms with Gasteiger partial charge < -0.3 is 4.74 Å². The maximum absolute atomic E-state index is 13.0. The van der Waals surface area contributed by atoms with Gasteiger partial charge in [0.2, 0.25) is 5.78 Å². The average Bonchev–Trinajstić information content (AvgIpc) is 2.89. The first-order valence-corrected chi connectivity index (χ1v) is 6.09. The third-order valence-corrected chi connectivity index (χ3v) is 3.18. The highest BCUT2D eigenvalue weighted by Crippen LogP contribution is 2.27. The summed E-state index contributed by atoms with van der Waals surface area (Å²) in [7, 11) is 0. The number of nitro groups is 1. The molecule has 0 N–H and O–H groups in total. The predicted molar refractivity (Wildman–Crippen MR) is 67.2 cm³/mol. The van der Waals surface area contributed by atoms with Crippen molar-refractivity contribution in [2.75, 3.05) is 6.61 Å². The minimum Gasteiger partial charge on any atom is -0.478 e. The van der Waals surface area contributed by atoms with E-state index in [1.807, 2.05) is 0 Å². The second kappa shape index (κ2) is 5.57. The average molecular weight is 281 g/mol. The second-order valence-electron chi connectivity index (χ2n) is 3.56. The third kappa shape index (κ3) is 3.14. The van der Waals surface area contributed by atoms with Gasteiger partial charge in [0, 0.05) is 12.1 Å². The Kier molecular flexibility index (Phi) is 3.86. The maximum atomic E-state index is 13.0. The molecule has 2 aromatic rings. The lowest BCUT2D eigenvalue weighted by Gasteiger charge is -2.05. The zero-order chi connectivity index (χ0) is 13.8. The van der Waals surface area contributed by atoms with Gasteiger partial charge in [0.05, 0.1) is 9.80 Å². The molecule has 0 spiro atoms. The number of ether oxygens (including phenoxy) is 1. The van der Waals surface area contributed by atoms with Crippen molar-refractivity contribution in [3.05, 3.63) is 56.5 Å². The molecule has 0 saturated carbocycles. The van der Waals surface area contributed by atoms with Gasteiger partial charge in [0.25, 0.3) is 0 Å². The van der Waals surface area contributed by atoms with Gasteiger partial charge in [-0.05, 0) is 17.5 Å². The lowest BCUT2D eigenvalue weighted by Crippen LogP contribution is -2.11. The summed E-state index contributed by atoms with van der Waals surface area (Å²) < 4.78 is 18.1. The Hall–Kier alpha value is -2.28. The number of Topliss-reactive ketones (excluding diaryl/α,β-unsaturated/α-hetero) is 1. The van der Waals surface area contributed by atoms with Crippen molar-refractivity contribution in [2.45, 2.75) is 0 Å². The molecule has 0 atom stereocenters. The van der Waals surface area contributed by atoms with Gasteiger partial charge in [-0.3, -0.25) is 14.9 Å². The number of hydrogen-bond acceptors (Lipinski definition) is 5. The van der Waals surface area contributed by atoms with Crippen molar-refractivity contribution in [2.24, 2.45) is 0 Å². The van der Waals surface area contributed by atoms with Crippen LogP contribution in [0.15, 0.2) is 35.7 Å². The molecule has 1 aromatic carbocycles. The van der Waals surface area contributed by atoms with Gasteiger partial charge >= 0.3 is 5.69 Å². The van der Waals surface area contributed by atoms with Crippen molar-refractivity contribution < 1.29 is 18.8 Å². The minimum atomic E-state index is -0.690. The van der Waals surface area contributed by atoms with Crippen LogP contribution in [0.2, 0.25) is 0 Å². The number of hydrogen-bond donors (Lipinski definition) is 0. The molecule has 0 aliphatic carbocycles. The van der Waals surface area contributed by atoms with E-state index in [-0.39, 0.29) is 23.8 Å². The van der Waals surface area contributed by atoms with Crippen molar-refractivity contribution in [1.29, 1.82) is 0 Å². The fourth-order valence-corrected chi connectivity index (χ4v) is 2.06. The Balaban J connectivity index is 2.13. The number of nitrogens with zero attached hydrogens (tertiary/aromatic N) is 1. The maximum Gasteiger partial charge on any atom is 0.311 e. The summed E-state index contributed by atoms with van der Waals surface area (Å²) in [6.45, 7) is -0.370. The zero-order valence-electron chi connectivity index (χ0n) is 9.54. The van der Waals surface area contributed by atoms with E-state index in [4.69, 9.17) is 4.74 Å². The van der Waals surface area contributed by atoms with Gasteiger partial charge in [-0.2, -0.15) is 0 Å². The largest absolute Gasteiger partial charge is 0.478 e. The first-order chi connectivity index (χ1) is 9.08. The highest BCUT2D eigenvalue weighted by Gasteiger charge is 2.17. The minimum absolute atomic E-state index is 0.255. The quantitative estimate of drug-likeness (QED) is 0.480. The third-order valence-electron chi connectivity index (χ3n) is 2.27. The fraction of sp³-hybridized carbons (Fsp3) is 0.0833. The van der Waals surface area contributed by atoms with E-state index in [2.05, 4.69) is 0 Å². The molecule has 0 bridgehead atoms. The Morgan fingerprint density at radius 2 is 2.21 bits per heavy atom. The molecular formula is C12H8FNO4S. The van der Waals surface area contributed by atoms with Crippen molar-refractivity contribution in [3.8, 4) is 5.75 Å². The van der Waals surface area contributed by atoms with Gasteiger partial charge in [0.15, 0.2) is 12.4 Å². The molecule has 5 nitrogen and oxygen atoms in total.